The minimum Gasteiger partial charge on any atom is -0.299 e. The first kappa shape index (κ1) is 18.8. The fourth-order valence-electron chi connectivity index (χ4n) is 3.36. The van der Waals surface area contributed by atoms with Gasteiger partial charge >= 0.3 is 12.1 Å². The van der Waals surface area contributed by atoms with E-state index in [-0.39, 0.29) is 63.9 Å². The minimum atomic E-state index is -0.630. The molecule has 4 amide bonds. The SMILES string of the molecule is N#CCCN1C(=O)N(CCC#N)C2C1N(CCC#N)C(=O)N2CCC#N. The highest BCUT2D eigenvalue weighted by molar-refractivity contribution is 5.85. The molecule has 0 aliphatic carbocycles. The number of carbonyl (C=O) groups excluding carboxylic acids is 2. The third-order valence-electron chi connectivity index (χ3n) is 4.38. The maximum Gasteiger partial charge on any atom is 0.323 e. The number of fused-ring (bicyclic) bond motifs is 1. The summed E-state index contributed by atoms with van der Waals surface area (Å²) >= 11 is 0. The Morgan fingerprint density at radius 3 is 1.00 bits per heavy atom. The molecule has 10 heteroatoms. The second-order valence-corrected chi connectivity index (χ2v) is 5.80. The molecule has 0 radical (unpaired) electrons. The number of rotatable bonds is 8. The molecular formula is C16H18N8O2. The molecule has 2 fully saturated rings. The summed E-state index contributed by atoms with van der Waals surface area (Å²) in [6.45, 7) is 0.619. The van der Waals surface area contributed by atoms with E-state index in [1.165, 1.54) is 19.6 Å². The summed E-state index contributed by atoms with van der Waals surface area (Å²) < 4.78 is 0. The zero-order chi connectivity index (χ0) is 19.1. The molecule has 0 unspecified atom stereocenters. The molecule has 10 nitrogen and oxygen atoms in total. The lowest BCUT2D eigenvalue weighted by molar-refractivity contribution is 0.128. The van der Waals surface area contributed by atoms with Crippen molar-refractivity contribution in [3.8, 4) is 24.3 Å². The van der Waals surface area contributed by atoms with Gasteiger partial charge in [0, 0.05) is 26.2 Å². The summed E-state index contributed by atoms with van der Waals surface area (Å²) in [4.78, 5) is 31.4. The van der Waals surface area contributed by atoms with Crippen LogP contribution in [0.4, 0.5) is 9.59 Å². The normalized spacial score (nSPS) is 21.2. The van der Waals surface area contributed by atoms with Crippen LogP contribution in [0.15, 0.2) is 0 Å². The second-order valence-electron chi connectivity index (χ2n) is 5.80. The van der Waals surface area contributed by atoms with Gasteiger partial charge in [-0.15, -0.1) is 0 Å². The van der Waals surface area contributed by atoms with Crippen molar-refractivity contribution < 1.29 is 9.59 Å². The molecule has 2 aliphatic rings. The Kier molecular flexibility index (Phi) is 6.20. The quantitative estimate of drug-likeness (QED) is 0.630. The summed E-state index contributed by atoms with van der Waals surface area (Å²) in [7, 11) is 0. The average Bonchev–Trinajstić information content (AvgIpc) is 3.05. The Labute approximate surface area is 151 Å². The third-order valence-corrected chi connectivity index (χ3v) is 4.38. The van der Waals surface area contributed by atoms with Crippen LogP contribution in [-0.2, 0) is 0 Å². The van der Waals surface area contributed by atoms with Gasteiger partial charge in [-0.05, 0) is 0 Å². The maximum absolute atomic E-state index is 12.8. The highest BCUT2D eigenvalue weighted by Crippen LogP contribution is 2.35. The molecule has 0 N–H and O–H groups in total. The van der Waals surface area contributed by atoms with E-state index in [1.54, 1.807) is 0 Å². The van der Waals surface area contributed by atoms with Gasteiger partial charge in [-0.2, -0.15) is 21.0 Å². The molecule has 0 atom stereocenters. The second kappa shape index (κ2) is 8.55. The van der Waals surface area contributed by atoms with Gasteiger partial charge in [0.05, 0.1) is 50.0 Å². The van der Waals surface area contributed by atoms with Gasteiger partial charge in [0.25, 0.3) is 0 Å². The summed E-state index contributed by atoms with van der Waals surface area (Å²) in [6.07, 6.45) is -0.818. The summed E-state index contributed by atoms with van der Waals surface area (Å²) in [5.41, 5.74) is 0. The zero-order valence-corrected chi connectivity index (χ0v) is 14.2. The molecule has 0 spiro atoms. The molecule has 0 aromatic carbocycles. The van der Waals surface area contributed by atoms with Crippen LogP contribution in [0.2, 0.25) is 0 Å². The van der Waals surface area contributed by atoms with Gasteiger partial charge < -0.3 is 0 Å². The van der Waals surface area contributed by atoms with E-state index in [4.69, 9.17) is 21.0 Å². The summed E-state index contributed by atoms with van der Waals surface area (Å²) in [6, 6.07) is 7.27. The van der Waals surface area contributed by atoms with Crippen LogP contribution in [0, 0.1) is 45.3 Å². The lowest BCUT2D eigenvalue weighted by atomic mass is 10.3. The lowest BCUT2D eigenvalue weighted by Crippen LogP contribution is -2.47. The Morgan fingerprint density at radius 1 is 0.577 bits per heavy atom. The van der Waals surface area contributed by atoms with Crippen molar-refractivity contribution in [1.29, 1.82) is 21.0 Å². The highest BCUT2D eigenvalue weighted by atomic mass is 16.2. The fourth-order valence-corrected chi connectivity index (χ4v) is 3.36. The van der Waals surface area contributed by atoms with Crippen molar-refractivity contribution in [1.82, 2.24) is 19.6 Å². The minimum absolute atomic E-state index is 0.111. The van der Waals surface area contributed by atoms with Crippen molar-refractivity contribution in [3.05, 3.63) is 0 Å². The molecule has 2 heterocycles. The summed E-state index contributed by atoms with van der Waals surface area (Å²) in [5.74, 6) is 0. The number of nitrogens with zero attached hydrogens (tertiary/aromatic N) is 8. The topological polar surface area (TPSA) is 142 Å². The van der Waals surface area contributed by atoms with Crippen molar-refractivity contribution in [2.75, 3.05) is 26.2 Å². The Morgan fingerprint density at radius 2 is 0.808 bits per heavy atom. The monoisotopic (exact) mass is 354 g/mol. The van der Waals surface area contributed by atoms with E-state index in [9.17, 15) is 9.59 Å². The largest absolute Gasteiger partial charge is 0.323 e. The number of amides is 4. The van der Waals surface area contributed by atoms with E-state index in [0.29, 0.717) is 0 Å². The zero-order valence-electron chi connectivity index (χ0n) is 14.2. The van der Waals surface area contributed by atoms with Crippen LogP contribution >= 0.6 is 0 Å². The van der Waals surface area contributed by atoms with Crippen LogP contribution in [0.25, 0.3) is 0 Å². The van der Waals surface area contributed by atoms with Gasteiger partial charge in [-0.3, -0.25) is 19.6 Å². The van der Waals surface area contributed by atoms with Crippen LogP contribution in [0.1, 0.15) is 25.7 Å². The first-order chi connectivity index (χ1) is 12.6. The van der Waals surface area contributed by atoms with Crippen molar-refractivity contribution >= 4 is 12.1 Å². The van der Waals surface area contributed by atoms with Gasteiger partial charge in [0.15, 0.2) is 0 Å². The molecule has 2 aliphatic heterocycles. The standard InChI is InChI=1S/C16H18N8O2/c17-5-1-9-21-13-14(23(15(21)25)11-3-7-19)24(12-4-8-20)16(26)22(13)10-2-6-18/h13-14H,1-4,9-12H2. The van der Waals surface area contributed by atoms with E-state index in [1.807, 2.05) is 24.3 Å². The van der Waals surface area contributed by atoms with Gasteiger partial charge in [0.1, 0.15) is 12.3 Å². The highest BCUT2D eigenvalue weighted by Gasteiger charge is 2.58. The Balaban J connectivity index is 2.38. The van der Waals surface area contributed by atoms with Crippen LogP contribution < -0.4 is 0 Å². The lowest BCUT2D eigenvalue weighted by Gasteiger charge is -2.28. The van der Waals surface area contributed by atoms with Gasteiger partial charge in [-0.25, -0.2) is 9.59 Å². The number of urea groups is 2. The third kappa shape index (κ3) is 3.31. The number of carbonyl (C=O) groups is 2. The average molecular weight is 354 g/mol. The van der Waals surface area contributed by atoms with Crippen LogP contribution in [0.5, 0.6) is 0 Å². The van der Waals surface area contributed by atoms with Crippen molar-refractivity contribution in [2.45, 2.75) is 38.0 Å². The predicted octanol–water partition coefficient (Wildman–Crippen LogP) is 0.769. The van der Waals surface area contributed by atoms with Gasteiger partial charge in [0.2, 0.25) is 0 Å². The molecule has 2 saturated heterocycles. The molecule has 134 valence electrons. The molecule has 0 saturated carbocycles. The van der Waals surface area contributed by atoms with E-state index < -0.39 is 12.3 Å². The number of hydrogen-bond acceptors (Lipinski definition) is 6. The van der Waals surface area contributed by atoms with Crippen molar-refractivity contribution in [3.63, 3.8) is 0 Å². The maximum atomic E-state index is 12.8. The fraction of sp³-hybridized carbons (Fsp3) is 0.625. The smallest absolute Gasteiger partial charge is 0.299 e. The van der Waals surface area contributed by atoms with E-state index in [0.717, 1.165) is 0 Å². The van der Waals surface area contributed by atoms with Crippen molar-refractivity contribution in [2.24, 2.45) is 0 Å². The first-order valence-corrected chi connectivity index (χ1v) is 8.24. The molecular weight excluding hydrogens is 336 g/mol. The molecule has 2 rings (SSSR count). The summed E-state index contributed by atoms with van der Waals surface area (Å²) in [5, 5.41) is 35.5. The molecule has 26 heavy (non-hydrogen) atoms. The Bertz CT molecular complexity index is 606. The predicted molar refractivity (Wildman–Crippen MR) is 86.1 cm³/mol. The van der Waals surface area contributed by atoms with Gasteiger partial charge in [-0.1, -0.05) is 0 Å². The molecule has 0 bridgehead atoms. The van der Waals surface area contributed by atoms with E-state index in [2.05, 4.69) is 0 Å². The molecule has 0 aromatic heterocycles. The first-order valence-electron chi connectivity index (χ1n) is 8.24. The van der Waals surface area contributed by atoms with Crippen LogP contribution in [0.3, 0.4) is 0 Å². The van der Waals surface area contributed by atoms with Crippen LogP contribution in [-0.4, -0.2) is 70.2 Å². The Hall–Kier alpha value is -3.50. The number of nitriles is 4. The molecule has 0 aromatic rings. The van der Waals surface area contributed by atoms with E-state index >= 15 is 0 Å². The number of hydrogen-bond donors (Lipinski definition) is 0.